The van der Waals surface area contributed by atoms with E-state index in [9.17, 15) is 9.59 Å². The van der Waals surface area contributed by atoms with E-state index in [0.717, 1.165) is 18.5 Å². The Labute approximate surface area is 131 Å². The molecule has 1 aliphatic rings. The predicted octanol–water partition coefficient (Wildman–Crippen LogP) is 2.51. The molecular formula is C17H24N2O3. The number of rotatable bonds is 5. The van der Waals surface area contributed by atoms with E-state index in [-0.39, 0.29) is 19.1 Å². The summed E-state index contributed by atoms with van der Waals surface area (Å²) in [5.41, 5.74) is 0.942. The molecule has 0 aromatic heterocycles. The minimum atomic E-state index is -0.416. The SMILES string of the molecule is CCC(C)CN1CCN(C(=O)OCc2ccccc2)CC1=O. The summed E-state index contributed by atoms with van der Waals surface area (Å²) in [6.07, 6.45) is 0.632. The van der Waals surface area contributed by atoms with Crippen molar-refractivity contribution in [1.29, 1.82) is 0 Å². The molecule has 5 heteroatoms. The molecule has 1 unspecified atom stereocenters. The summed E-state index contributed by atoms with van der Waals surface area (Å²) in [7, 11) is 0. The van der Waals surface area contributed by atoms with Gasteiger partial charge in [-0.15, -0.1) is 0 Å². The van der Waals surface area contributed by atoms with Gasteiger partial charge in [0.15, 0.2) is 0 Å². The topological polar surface area (TPSA) is 49.9 Å². The van der Waals surface area contributed by atoms with Crippen LogP contribution in [0.15, 0.2) is 30.3 Å². The Morgan fingerprint density at radius 3 is 2.64 bits per heavy atom. The van der Waals surface area contributed by atoms with Crippen LogP contribution in [0.1, 0.15) is 25.8 Å². The summed E-state index contributed by atoms with van der Waals surface area (Å²) in [4.78, 5) is 27.5. The number of ether oxygens (including phenoxy) is 1. The van der Waals surface area contributed by atoms with Gasteiger partial charge in [-0.05, 0) is 11.5 Å². The van der Waals surface area contributed by atoms with Gasteiger partial charge in [-0.2, -0.15) is 0 Å². The summed E-state index contributed by atoms with van der Waals surface area (Å²) in [5.74, 6) is 0.490. The Morgan fingerprint density at radius 1 is 1.27 bits per heavy atom. The Balaban J connectivity index is 1.79. The van der Waals surface area contributed by atoms with Crippen molar-refractivity contribution in [1.82, 2.24) is 9.80 Å². The molecule has 1 saturated heterocycles. The Kier molecular flexibility index (Phi) is 5.81. The molecular weight excluding hydrogens is 280 g/mol. The maximum Gasteiger partial charge on any atom is 0.410 e. The fraction of sp³-hybridized carbons (Fsp3) is 0.529. The number of carbonyl (C=O) groups is 2. The van der Waals surface area contributed by atoms with Crippen LogP contribution in [0.5, 0.6) is 0 Å². The average Bonchev–Trinajstić information content (AvgIpc) is 2.55. The minimum Gasteiger partial charge on any atom is -0.445 e. The van der Waals surface area contributed by atoms with E-state index in [1.54, 1.807) is 0 Å². The van der Waals surface area contributed by atoms with Crippen molar-refractivity contribution in [2.24, 2.45) is 5.92 Å². The molecule has 0 bridgehead atoms. The van der Waals surface area contributed by atoms with E-state index in [0.29, 0.717) is 19.0 Å². The quantitative estimate of drug-likeness (QED) is 0.840. The lowest BCUT2D eigenvalue weighted by molar-refractivity contribution is -0.136. The fourth-order valence-corrected chi connectivity index (χ4v) is 2.37. The Morgan fingerprint density at radius 2 is 2.00 bits per heavy atom. The van der Waals surface area contributed by atoms with Crippen molar-refractivity contribution >= 4 is 12.0 Å². The third-order valence-corrected chi connectivity index (χ3v) is 4.01. The van der Waals surface area contributed by atoms with Crippen molar-refractivity contribution in [2.45, 2.75) is 26.9 Å². The fourth-order valence-electron chi connectivity index (χ4n) is 2.37. The van der Waals surface area contributed by atoms with Crippen LogP contribution >= 0.6 is 0 Å². The molecule has 1 aliphatic heterocycles. The molecule has 1 atom stereocenters. The van der Waals surface area contributed by atoms with Gasteiger partial charge in [0.05, 0.1) is 0 Å². The van der Waals surface area contributed by atoms with E-state index >= 15 is 0 Å². The number of amides is 2. The van der Waals surface area contributed by atoms with Gasteiger partial charge in [-0.25, -0.2) is 4.79 Å². The molecule has 0 N–H and O–H groups in total. The van der Waals surface area contributed by atoms with Crippen LogP contribution in [0.2, 0.25) is 0 Å². The van der Waals surface area contributed by atoms with E-state index < -0.39 is 6.09 Å². The van der Waals surface area contributed by atoms with Gasteiger partial charge in [-0.1, -0.05) is 50.6 Å². The lowest BCUT2D eigenvalue weighted by Crippen LogP contribution is -2.53. The highest BCUT2D eigenvalue weighted by Crippen LogP contribution is 2.11. The van der Waals surface area contributed by atoms with Crippen LogP contribution in [0.25, 0.3) is 0 Å². The average molecular weight is 304 g/mol. The zero-order valence-electron chi connectivity index (χ0n) is 13.3. The highest BCUT2D eigenvalue weighted by molar-refractivity contribution is 5.83. The summed E-state index contributed by atoms with van der Waals surface area (Å²) in [6.45, 7) is 6.49. The second-order valence-corrected chi connectivity index (χ2v) is 5.81. The molecule has 0 radical (unpaired) electrons. The Hall–Kier alpha value is -2.04. The highest BCUT2D eigenvalue weighted by Gasteiger charge is 2.28. The van der Waals surface area contributed by atoms with Crippen molar-refractivity contribution in [3.63, 3.8) is 0 Å². The van der Waals surface area contributed by atoms with Crippen LogP contribution < -0.4 is 0 Å². The van der Waals surface area contributed by atoms with E-state index in [4.69, 9.17) is 4.74 Å². The maximum atomic E-state index is 12.1. The number of hydrogen-bond acceptors (Lipinski definition) is 3. The standard InChI is InChI=1S/C17H24N2O3/c1-3-14(2)11-18-9-10-19(12-16(18)20)17(21)22-13-15-7-5-4-6-8-15/h4-8,14H,3,9-13H2,1-2H3. The first kappa shape index (κ1) is 16.3. The smallest absolute Gasteiger partial charge is 0.410 e. The lowest BCUT2D eigenvalue weighted by atomic mass is 10.1. The van der Waals surface area contributed by atoms with Gasteiger partial charge in [0.25, 0.3) is 0 Å². The zero-order valence-corrected chi connectivity index (χ0v) is 13.3. The largest absolute Gasteiger partial charge is 0.445 e. The van der Waals surface area contributed by atoms with Gasteiger partial charge >= 0.3 is 6.09 Å². The number of carbonyl (C=O) groups excluding carboxylic acids is 2. The van der Waals surface area contributed by atoms with Crippen LogP contribution in [-0.2, 0) is 16.1 Å². The first-order valence-corrected chi connectivity index (χ1v) is 7.83. The summed E-state index contributed by atoms with van der Waals surface area (Å²) < 4.78 is 5.27. The van der Waals surface area contributed by atoms with Crippen molar-refractivity contribution < 1.29 is 14.3 Å². The van der Waals surface area contributed by atoms with Crippen molar-refractivity contribution in [3.8, 4) is 0 Å². The molecule has 2 amide bonds. The third-order valence-electron chi connectivity index (χ3n) is 4.01. The van der Waals surface area contributed by atoms with Gasteiger partial charge in [0.1, 0.15) is 13.2 Å². The summed E-state index contributed by atoms with van der Waals surface area (Å²) in [5, 5.41) is 0. The molecule has 120 valence electrons. The van der Waals surface area contributed by atoms with Gasteiger partial charge < -0.3 is 9.64 Å². The second kappa shape index (κ2) is 7.82. The van der Waals surface area contributed by atoms with E-state index in [1.165, 1.54) is 4.90 Å². The molecule has 1 fully saturated rings. The molecule has 1 aromatic carbocycles. The van der Waals surface area contributed by atoms with Gasteiger partial charge in [0.2, 0.25) is 5.91 Å². The third kappa shape index (κ3) is 4.48. The van der Waals surface area contributed by atoms with Crippen molar-refractivity contribution in [3.05, 3.63) is 35.9 Å². The zero-order chi connectivity index (χ0) is 15.9. The summed E-state index contributed by atoms with van der Waals surface area (Å²) >= 11 is 0. The van der Waals surface area contributed by atoms with Crippen LogP contribution in [0.4, 0.5) is 4.79 Å². The number of hydrogen-bond donors (Lipinski definition) is 0. The molecule has 1 aromatic rings. The number of piperazine rings is 1. The normalized spacial score (nSPS) is 16.5. The number of benzene rings is 1. The molecule has 22 heavy (non-hydrogen) atoms. The maximum absolute atomic E-state index is 12.1. The molecule has 0 spiro atoms. The van der Waals surface area contributed by atoms with Crippen molar-refractivity contribution in [2.75, 3.05) is 26.2 Å². The Bertz CT molecular complexity index is 504. The molecule has 5 nitrogen and oxygen atoms in total. The van der Waals surface area contributed by atoms with Gasteiger partial charge in [0, 0.05) is 19.6 Å². The molecule has 0 saturated carbocycles. The van der Waals surface area contributed by atoms with Crippen LogP contribution in [0.3, 0.4) is 0 Å². The van der Waals surface area contributed by atoms with E-state index in [2.05, 4.69) is 13.8 Å². The van der Waals surface area contributed by atoms with Crippen LogP contribution in [0, 0.1) is 5.92 Å². The minimum absolute atomic E-state index is 0.00297. The number of nitrogens with zero attached hydrogens (tertiary/aromatic N) is 2. The molecule has 2 rings (SSSR count). The monoisotopic (exact) mass is 304 g/mol. The van der Waals surface area contributed by atoms with Crippen LogP contribution in [-0.4, -0.2) is 48.0 Å². The van der Waals surface area contributed by atoms with E-state index in [1.807, 2.05) is 35.2 Å². The second-order valence-electron chi connectivity index (χ2n) is 5.81. The first-order valence-electron chi connectivity index (χ1n) is 7.83. The predicted molar refractivity (Wildman–Crippen MR) is 84.2 cm³/mol. The lowest BCUT2D eigenvalue weighted by Gasteiger charge is -2.35. The van der Waals surface area contributed by atoms with Gasteiger partial charge in [-0.3, -0.25) is 9.69 Å². The molecule has 1 heterocycles. The summed E-state index contributed by atoms with van der Waals surface area (Å²) in [6, 6.07) is 9.53. The molecule has 0 aliphatic carbocycles. The highest BCUT2D eigenvalue weighted by atomic mass is 16.6. The first-order chi connectivity index (χ1) is 10.6.